The lowest BCUT2D eigenvalue weighted by Crippen LogP contribution is -2.40. The van der Waals surface area contributed by atoms with Crippen molar-refractivity contribution >= 4 is 0 Å². The van der Waals surface area contributed by atoms with E-state index < -0.39 is 0 Å². The summed E-state index contributed by atoms with van der Waals surface area (Å²) in [5.74, 6) is 0.734. The Kier molecular flexibility index (Phi) is 4.16. The topological polar surface area (TPSA) is 41.8 Å². The van der Waals surface area contributed by atoms with E-state index in [1.54, 1.807) is 0 Å². The molecule has 0 radical (unpaired) electrons. The second-order valence-corrected chi connectivity index (χ2v) is 3.96. The summed E-state index contributed by atoms with van der Waals surface area (Å²) >= 11 is 0. The Morgan fingerprint density at radius 2 is 2.23 bits per heavy atom. The first-order valence-electron chi connectivity index (χ1n) is 4.92. The molecule has 0 aromatic rings. The maximum Gasteiger partial charge on any atom is 0.0936 e. The van der Waals surface area contributed by atoms with E-state index in [-0.39, 0.29) is 7.43 Å². The Morgan fingerprint density at radius 1 is 1.46 bits per heavy atom. The van der Waals surface area contributed by atoms with Gasteiger partial charge in [0.15, 0.2) is 0 Å². The van der Waals surface area contributed by atoms with E-state index in [0.717, 1.165) is 25.6 Å². The minimum Gasteiger partial charge on any atom is -0.372 e. The monoisotopic (exact) mass is 186 g/mol. The van der Waals surface area contributed by atoms with Crippen LogP contribution in [0.1, 0.15) is 20.3 Å². The van der Waals surface area contributed by atoms with Crippen LogP contribution >= 0.6 is 0 Å². The standard InChI is InChI=1S/C9H18N2O.CH4/c10-4-8-2-1-3-11(5-8)6-9-7-12-9;/h8-9H,1-7,10H2;1H4. The zero-order chi connectivity index (χ0) is 8.39. The smallest absolute Gasteiger partial charge is 0.0936 e. The largest absolute Gasteiger partial charge is 0.372 e. The number of ether oxygens (including phenoxy) is 1. The summed E-state index contributed by atoms with van der Waals surface area (Å²) in [6, 6.07) is 0. The summed E-state index contributed by atoms with van der Waals surface area (Å²) in [4.78, 5) is 2.50. The van der Waals surface area contributed by atoms with Crippen LogP contribution in [0.4, 0.5) is 0 Å². The average molecular weight is 186 g/mol. The molecule has 0 aliphatic carbocycles. The quantitative estimate of drug-likeness (QED) is 0.659. The molecule has 2 fully saturated rings. The summed E-state index contributed by atoms with van der Waals surface area (Å²) in [5.41, 5.74) is 5.65. The lowest BCUT2D eigenvalue weighted by molar-refractivity contribution is 0.164. The van der Waals surface area contributed by atoms with Gasteiger partial charge in [-0.2, -0.15) is 0 Å². The molecule has 2 N–H and O–H groups in total. The molecule has 78 valence electrons. The van der Waals surface area contributed by atoms with Crippen LogP contribution in [0.15, 0.2) is 0 Å². The number of likely N-dealkylation sites (tertiary alicyclic amines) is 1. The van der Waals surface area contributed by atoms with Crippen molar-refractivity contribution in [2.45, 2.75) is 26.4 Å². The first-order valence-corrected chi connectivity index (χ1v) is 4.92. The number of rotatable bonds is 3. The first kappa shape index (κ1) is 11.0. The summed E-state index contributed by atoms with van der Waals surface area (Å²) in [5, 5.41) is 0. The van der Waals surface area contributed by atoms with Crippen molar-refractivity contribution in [3.05, 3.63) is 0 Å². The molecule has 2 rings (SSSR count). The number of epoxide rings is 1. The van der Waals surface area contributed by atoms with Gasteiger partial charge >= 0.3 is 0 Å². The number of hydrogen-bond acceptors (Lipinski definition) is 3. The number of nitrogens with zero attached hydrogens (tertiary/aromatic N) is 1. The number of nitrogens with two attached hydrogens (primary N) is 1. The van der Waals surface area contributed by atoms with E-state index in [4.69, 9.17) is 10.5 Å². The van der Waals surface area contributed by atoms with Crippen LogP contribution in [-0.2, 0) is 4.74 Å². The summed E-state index contributed by atoms with van der Waals surface area (Å²) in [6.45, 7) is 5.40. The molecule has 2 aliphatic rings. The molecular formula is C10H22N2O. The normalized spacial score (nSPS) is 33.9. The van der Waals surface area contributed by atoms with Gasteiger partial charge in [0.25, 0.3) is 0 Å². The second-order valence-electron chi connectivity index (χ2n) is 3.96. The van der Waals surface area contributed by atoms with Gasteiger partial charge in [-0.1, -0.05) is 7.43 Å². The molecule has 2 unspecified atom stereocenters. The molecule has 0 aromatic carbocycles. The van der Waals surface area contributed by atoms with Crippen molar-refractivity contribution in [1.29, 1.82) is 0 Å². The molecule has 0 amide bonds. The molecule has 2 aliphatic heterocycles. The third-order valence-electron chi connectivity index (χ3n) is 2.80. The van der Waals surface area contributed by atoms with Crippen molar-refractivity contribution in [3.63, 3.8) is 0 Å². The fourth-order valence-electron chi connectivity index (χ4n) is 1.97. The highest BCUT2D eigenvalue weighted by Crippen LogP contribution is 2.18. The Labute approximate surface area is 81.2 Å². The maximum atomic E-state index is 5.65. The lowest BCUT2D eigenvalue weighted by atomic mass is 9.98. The molecule has 0 aromatic heterocycles. The molecule has 2 saturated heterocycles. The Hall–Kier alpha value is -0.120. The predicted molar refractivity (Wildman–Crippen MR) is 54.7 cm³/mol. The van der Waals surface area contributed by atoms with Gasteiger partial charge < -0.3 is 15.4 Å². The van der Waals surface area contributed by atoms with E-state index in [0.29, 0.717) is 6.10 Å². The lowest BCUT2D eigenvalue weighted by Gasteiger charge is -2.31. The van der Waals surface area contributed by atoms with Gasteiger partial charge in [0, 0.05) is 13.1 Å². The minimum absolute atomic E-state index is 0. The van der Waals surface area contributed by atoms with Crippen molar-refractivity contribution in [2.75, 3.05) is 32.8 Å². The third kappa shape index (κ3) is 3.25. The van der Waals surface area contributed by atoms with E-state index in [2.05, 4.69) is 4.90 Å². The Morgan fingerprint density at radius 3 is 2.85 bits per heavy atom. The van der Waals surface area contributed by atoms with Gasteiger partial charge in [0.2, 0.25) is 0 Å². The number of piperidine rings is 1. The molecule has 0 bridgehead atoms. The summed E-state index contributed by atoms with van der Waals surface area (Å²) in [7, 11) is 0. The molecule has 2 atom stereocenters. The fraction of sp³-hybridized carbons (Fsp3) is 1.00. The Balaban J connectivity index is 0.000000845. The van der Waals surface area contributed by atoms with Crippen LogP contribution in [0, 0.1) is 5.92 Å². The zero-order valence-electron chi connectivity index (χ0n) is 7.54. The van der Waals surface area contributed by atoms with Crippen molar-refractivity contribution in [1.82, 2.24) is 4.90 Å². The average Bonchev–Trinajstić information content (AvgIpc) is 2.89. The highest BCUT2D eigenvalue weighted by molar-refractivity contribution is 4.79. The van der Waals surface area contributed by atoms with Crippen molar-refractivity contribution < 1.29 is 4.74 Å². The minimum atomic E-state index is 0. The van der Waals surface area contributed by atoms with Crippen molar-refractivity contribution in [3.8, 4) is 0 Å². The second kappa shape index (κ2) is 4.94. The first-order chi connectivity index (χ1) is 5.88. The molecule has 0 saturated carbocycles. The van der Waals surface area contributed by atoms with E-state index >= 15 is 0 Å². The number of hydrogen-bond donors (Lipinski definition) is 1. The van der Waals surface area contributed by atoms with Crippen LogP contribution in [0.2, 0.25) is 0 Å². The SMILES string of the molecule is C.NCC1CCCN(CC2CO2)C1. The molecule has 13 heavy (non-hydrogen) atoms. The van der Waals surface area contributed by atoms with Crippen molar-refractivity contribution in [2.24, 2.45) is 11.7 Å². The van der Waals surface area contributed by atoms with E-state index in [9.17, 15) is 0 Å². The van der Waals surface area contributed by atoms with Crippen LogP contribution in [-0.4, -0.2) is 43.8 Å². The highest BCUT2D eigenvalue weighted by Gasteiger charge is 2.27. The Bertz CT molecular complexity index is 148. The predicted octanol–water partition coefficient (Wildman–Crippen LogP) is 0.692. The van der Waals surface area contributed by atoms with Gasteiger partial charge in [0.05, 0.1) is 12.7 Å². The van der Waals surface area contributed by atoms with Crippen LogP contribution < -0.4 is 5.73 Å². The molecule has 3 nitrogen and oxygen atoms in total. The van der Waals surface area contributed by atoms with Crippen LogP contribution in [0.5, 0.6) is 0 Å². The molecule has 3 heteroatoms. The highest BCUT2D eigenvalue weighted by atomic mass is 16.6. The fourth-order valence-corrected chi connectivity index (χ4v) is 1.97. The maximum absolute atomic E-state index is 5.65. The van der Waals surface area contributed by atoms with Crippen LogP contribution in [0.3, 0.4) is 0 Å². The van der Waals surface area contributed by atoms with Crippen LogP contribution in [0.25, 0.3) is 0 Å². The summed E-state index contributed by atoms with van der Waals surface area (Å²) in [6.07, 6.45) is 3.18. The van der Waals surface area contributed by atoms with Gasteiger partial charge in [0.1, 0.15) is 0 Å². The third-order valence-corrected chi connectivity index (χ3v) is 2.80. The van der Waals surface area contributed by atoms with E-state index in [1.807, 2.05) is 0 Å². The molecular weight excluding hydrogens is 164 g/mol. The molecule has 0 spiro atoms. The van der Waals surface area contributed by atoms with Gasteiger partial charge in [-0.25, -0.2) is 0 Å². The summed E-state index contributed by atoms with van der Waals surface area (Å²) < 4.78 is 5.21. The van der Waals surface area contributed by atoms with Gasteiger partial charge in [-0.15, -0.1) is 0 Å². The zero-order valence-corrected chi connectivity index (χ0v) is 7.54. The van der Waals surface area contributed by atoms with Gasteiger partial charge in [-0.05, 0) is 31.8 Å². The molecule has 2 heterocycles. The van der Waals surface area contributed by atoms with E-state index in [1.165, 1.54) is 25.9 Å². The van der Waals surface area contributed by atoms with Gasteiger partial charge in [-0.3, -0.25) is 0 Å².